The van der Waals surface area contributed by atoms with Gasteiger partial charge in [-0.1, -0.05) is 6.07 Å². The average Bonchev–Trinajstić information content (AvgIpc) is 3.05. The van der Waals surface area contributed by atoms with Crippen LogP contribution in [0.15, 0.2) is 41.0 Å². The minimum Gasteiger partial charge on any atom is -0.493 e. The first-order valence-electron chi connectivity index (χ1n) is 7.46. The van der Waals surface area contributed by atoms with Gasteiger partial charge in [-0.3, -0.25) is 20.4 Å². The number of ether oxygens (including phenoxy) is 2. The van der Waals surface area contributed by atoms with E-state index in [1.807, 2.05) is 6.92 Å². The van der Waals surface area contributed by atoms with Crippen molar-refractivity contribution < 1.29 is 19.1 Å². The molecule has 0 saturated heterocycles. The Balaban J connectivity index is 1.92. The molecule has 0 radical (unpaired) electrons. The first-order chi connectivity index (χ1) is 12.0. The number of benzene rings is 1. The van der Waals surface area contributed by atoms with Crippen LogP contribution in [-0.2, 0) is 4.79 Å². The predicted octanol–water partition coefficient (Wildman–Crippen LogP) is 2.66. The highest BCUT2D eigenvalue weighted by atomic mass is 79.9. The van der Waals surface area contributed by atoms with Gasteiger partial charge in [-0.15, -0.1) is 0 Å². The van der Waals surface area contributed by atoms with E-state index in [9.17, 15) is 9.59 Å². The third-order valence-corrected chi connectivity index (χ3v) is 3.56. The lowest BCUT2D eigenvalue weighted by Gasteiger charge is -2.09. The number of methoxy groups -OCH3 is 1. The van der Waals surface area contributed by atoms with Crippen molar-refractivity contribution in [3.8, 4) is 11.5 Å². The lowest BCUT2D eigenvalue weighted by atomic mass is 10.2. The summed E-state index contributed by atoms with van der Waals surface area (Å²) in [6.45, 7) is 2.42. The summed E-state index contributed by atoms with van der Waals surface area (Å²) in [4.78, 5) is 26.3. The summed E-state index contributed by atoms with van der Waals surface area (Å²) in [5.41, 5.74) is 5.70. The Labute approximate surface area is 153 Å². The second kappa shape index (κ2) is 8.93. The molecule has 1 aromatic carbocycles. The van der Waals surface area contributed by atoms with Crippen LogP contribution >= 0.6 is 15.9 Å². The number of carbonyl (C=O) groups excluding carboxylic acids is 2. The van der Waals surface area contributed by atoms with E-state index in [0.717, 1.165) is 10.0 Å². The normalized spacial score (nSPS) is 10.5. The van der Waals surface area contributed by atoms with Crippen LogP contribution in [-0.4, -0.2) is 30.5 Å². The Morgan fingerprint density at radius 3 is 2.68 bits per heavy atom. The number of hydrazine groups is 1. The predicted molar refractivity (Wildman–Crippen MR) is 97.3 cm³/mol. The van der Waals surface area contributed by atoms with Gasteiger partial charge in [-0.2, -0.15) is 0 Å². The molecule has 8 heteroatoms. The van der Waals surface area contributed by atoms with Gasteiger partial charge in [0.15, 0.2) is 11.5 Å². The number of rotatable bonds is 6. The van der Waals surface area contributed by atoms with Gasteiger partial charge in [0.1, 0.15) is 5.69 Å². The molecule has 2 amide bonds. The first-order valence-corrected chi connectivity index (χ1v) is 8.26. The standard InChI is InChI=1S/C17H18BrN3O4/c1-3-25-14-6-4-11(8-15(14)24-2)5-7-16(22)20-21-17(23)13-9-12(18)10-19-13/h4-10,19H,3H2,1-2H3,(H,20,22)(H,21,23)/b7-5+. The smallest absolute Gasteiger partial charge is 0.286 e. The van der Waals surface area contributed by atoms with Gasteiger partial charge < -0.3 is 14.5 Å². The summed E-state index contributed by atoms with van der Waals surface area (Å²) in [6, 6.07) is 6.92. The molecule has 0 unspecified atom stereocenters. The molecule has 0 atom stereocenters. The van der Waals surface area contributed by atoms with Crippen LogP contribution in [0, 0.1) is 0 Å². The highest BCUT2D eigenvalue weighted by molar-refractivity contribution is 9.10. The van der Waals surface area contributed by atoms with Gasteiger partial charge >= 0.3 is 0 Å². The summed E-state index contributed by atoms with van der Waals surface area (Å²) in [6.07, 6.45) is 4.53. The number of halogens is 1. The van der Waals surface area contributed by atoms with E-state index in [1.165, 1.54) is 6.08 Å². The first kappa shape index (κ1) is 18.6. The van der Waals surface area contributed by atoms with Crippen molar-refractivity contribution in [3.05, 3.63) is 52.3 Å². The molecule has 132 valence electrons. The number of hydrogen-bond acceptors (Lipinski definition) is 4. The van der Waals surface area contributed by atoms with Crippen LogP contribution < -0.4 is 20.3 Å². The number of H-pyrrole nitrogens is 1. The molecule has 7 nitrogen and oxygen atoms in total. The van der Waals surface area contributed by atoms with E-state index in [1.54, 1.807) is 43.6 Å². The van der Waals surface area contributed by atoms with Gasteiger partial charge in [0.25, 0.3) is 11.8 Å². The van der Waals surface area contributed by atoms with Crippen LogP contribution in [0.5, 0.6) is 11.5 Å². The van der Waals surface area contributed by atoms with E-state index in [4.69, 9.17) is 9.47 Å². The van der Waals surface area contributed by atoms with E-state index >= 15 is 0 Å². The lowest BCUT2D eigenvalue weighted by molar-refractivity contribution is -0.117. The molecule has 3 N–H and O–H groups in total. The summed E-state index contributed by atoms with van der Waals surface area (Å²) in [7, 11) is 1.55. The Kier molecular flexibility index (Phi) is 6.64. The number of hydrogen-bond donors (Lipinski definition) is 3. The molecule has 0 spiro atoms. The number of carbonyl (C=O) groups is 2. The molecular formula is C17H18BrN3O4. The zero-order chi connectivity index (χ0) is 18.2. The van der Waals surface area contributed by atoms with Gasteiger partial charge in [-0.05, 0) is 52.7 Å². The highest BCUT2D eigenvalue weighted by Crippen LogP contribution is 2.28. The Bertz CT molecular complexity index is 786. The summed E-state index contributed by atoms with van der Waals surface area (Å²) < 4.78 is 11.4. The Hall–Kier alpha value is -2.74. The molecule has 2 rings (SSSR count). The van der Waals surface area contributed by atoms with E-state index in [0.29, 0.717) is 23.8 Å². The van der Waals surface area contributed by atoms with Crippen LogP contribution in [0.1, 0.15) is 23.0 Å². The van der Waals surface area contributed by atoms with Crippen LogP contribution in [0.4, 0.5) is 0 Å². The van der Waals surface area contributed by atoms with E-state index < -0.39 is 11.8 Å². The molecular weight excluding hydrogens is 390 g/mol. The van der Waals surface area contributed by atoms with Gasteiger partial charge in [0.2, 0.25) is 0 Å². The average molecular weight is 408 g/mol. The molecule has 0 bridgehead atoms. The third-order valence-electron chi connectivity index (χ3n) is 3.11. The molecule has 1 aromatic heterocycles. The molecule has 0 aliphatic heterocycles. The molecule has 25 heavy (non-hydrogen) atoms. The number of amides is 2. The molecule has 2 aromatic rings. The Morgan fingerprint density at radius 1 is 1.24 bits per heavy atom. The van der Waals surface area contributed by atoms with Gasteiger partial charge in [0, 0.05) is 16.7 Å². The molecule has 0 saturated carbocycles. The van der Waals surface area contributed by atoms with E-state index in [2.05, 4.69) is 31.8 Å². The number of aromatic amines is 1. The monoisotopic (exact) mass is 407 g/mol. The van der Waals surface area contributed by atoms with E-state index in [-0.39, 0.29) is 0 Å². The second-order valence-electron chi connectivity index (χ2n) is 4.85. The molecule has 0 aliphatic rings. The SMILES string of the molecule is CCOc1ccc(/C=C/C(=O)NNC(=O)c2cc(Br)c[nH]2)cc1OC. The van der Waals surface area contributed by atoms with Crippen molar-refractivity contribution in [1.29, 1.82) is 0 Å². The van der Waals surface area contributed by atoms with Crippen molar-refractivity contribution in [2.24, 2.45) is 0 Å². The van der Waals surface area contributed by atoms with Crippen molar-refractivity contribution in [2.75, 3.05) is 13.7 Å². The van der Waals surface area contributed by atoms with Crippen molar-refractivity contribution in [2.45, 2.75) is 6.92 Å². The van der Waals surface area contributed by atoms with Crippen molar-refractivity contribution >= 4 is 33.8 Å². The summed E-state index contributed by atoms with van der Waals surface area (Å²) in [5, 5.41) is 0. The molecule has 0 fully saturated rings. The van der Waals surface area contributed by atoms with Crippen molar-refractivity contribution in [1.82, 2.24) is 15.8 Å². The minimum absolute atomic E-state index is 0.326. The fraction of sp³-hybridized carbons (Fsp3) is 0.176. The van der Waals surface area contributed by atoms with Crippen LogP contribution in [0.25, 0.3) is 6.08 Å². The number of nitrogens with one attached hydrogen (secondary N) is 3. The zero-order valence-corrected chi connectivity index (χ0v) is 15.3. The molecule has 1 heterocycles. The summed E-state index contributed by atoms with van der Waals surface area (Å²) >= 11 is 3.23. The maximum atomic E-state index is 11.8. The number of aromatic nitrogens is 1. The van der Waals surface area contributed by atoms with Crippen LogP contribution in [0.3, 0.4) is 0 Å². The maximum Gasteiger partial charge on any atom is 0.286 e. The molecule has 0 aliphatic carbocycles. The fourth-order valence-corrected chi connectivity index (χ4v) is 2.30. The Morgan fingerprint density at radius 2 is 2.04 bits per heavy atom. The topological polar surface area (TPSA) is 92.5 Å². The van der Waals surface area contributed by atoms with Gasteiger partial charge in [-0.25, -0.2) is 0 Å². The van der Waals surface area contributed by atoms with Crippen LogP contribution in [0.2, 0.25) is 0 Å². The largest absolute Gasteiger partial charge is 0.493 e. The second-order valence-corrected chi connectivity index (χ2v) is 5.77. The summed E-state index contributed by atoms with van der Waals surface area (Å²) in [5.74, 6) is 0.299. The zero-order valence-electron chi connectivity index (χ0n) is 13.8. The third kappa shape index (κ3) is 5.39. The fourth-order valence-electron chi connectivity index (χ4n) is 1.96. The lowest BCUT2D eigenvalue weighted by Crippen LogP contribution is -2.40. The highest BCUT2D eigenvalue weighted by Gasteiger charge is 2.08. The quantitative estimate of drug-likeness (QED) is 0.506. The van der Waals surface area contributed by atoms with Crippen molar-refractivity contribution in [3.63, 3.8) is 0 Å². The van der Waals surface area contributed by atoms with Gasteiger partial charge in [0.05, 0.1) is 13.7 Å². The maximum absolute atomic E-state index is 11.8. The minimum atomic E-state index is -0.466.